The van der Waals surface area contributed by atoms with Crippen LogP contribution >= 0.6 is 0 Å². The summed E-state index contributed by atoms with van der Waals surface area (Å²) < 4.78 is 33.6. The number of morpholine rings is 1. The molecule has 0 bridgehead atoms. The Bertz CT molecular complexity index is 2850. The van der Waals surface area contributed by atoms with E-state index in [2.05, 4.69) is 17.2 Å². The number of rotatable bonds is 12. The summed E-state index contributed by atoms with van der Waals surface area (Å²) in [5.41, 5.74) is 3.23. The number of fused-ring (bicyclic) bond motifs is 4. The van der Waals surface area contributed by atoms with Crippen molar-refractivity contribution < 1.29 is 57.5 Å². The Morgan fingerprint density at radius 2 is 1.46 bits per heavy atom. The van der Waals surface area contributed by atoms with Crippen molar-refractivity contribution in [1.29, 1.82) is 0 Å². The van der Waals surface area contributed by atoms with Crippen LogP contribution in [0.2, 0.25) is 0 Å². The maximum atomic E-state index is 16.2. The second-order valence-electron chi connectivity index (χ2n) is 17.2. The van der Waals surface area contributed by atoms with Crippen LogP contribution in [0, 0.1) is 23.7 Å². The molecule has 354 valence electrons. The fourth-order valence-electron chi connectivity index (χ4n) is 10.7. The highest BCUT2D eigenvalue weighted by atomic mass is 16.6. The molecule has 5 aromatic rings. The maximum Gasteiger partial charge on any atom is 0.324 e. The van der Waals surface area contributed by atoms with Gasteiger partial charge in [0.1, 0.15) is 29.9 Å². The number of aliphatic hydroxyl groups excluding tert-OH is 1. The molecule has 4 aliphatic heterocycles. The van der Waals surface area contributed by atoms with Gasteiger partial charge in [-0.2, -0.15) is 0 Å². The number of amides is 2. The van der Waals surface area contributed by atoms with Gasteiger partial charge in [-0.3, -0.25) is 28.9 Å². The van der Waals surface area contributed by atoms with Gasteiger partial charge in [-0.05, 0) is 82.3 Å². The monoisotopic (exact) mass is 933 g/mol. The average molecular weight is 934 g/mol. The van der Waals surface area contributed by atoms with Crippen molar-refractivity contribution in [3.8, 4) is 29.1 Å². The number of nitrogens with one attached hydrogen (secondary N) is 1. The third-order valence-corrected chi connectivity index (χ3v) is 13.6. The Morgan fingerprint density at radius 1 is 0.797 bits per heavy atom. The van der Waals surface area contributed by atoms with E-state index in [-0.39, 0.29) is 32.7 Å². The summed E-state index contributed by atoms with van der Waals surface area (Å²) in [7, 11) is 5.45. The molecule has 0 aliphatic carbocycles. The molecule has 1 spiro atoms. The number of aliphatic hydroxyl groups is 1. The Hall–Kier alpha value is -7.67. The highest BCUT2D eigenvalue weighted by molar-refractivity contribution is 6.12. The van der Waals surface area contributed by atoms with Crippen LogP contribution in [0.15, 0.2) is 115 Å². The lowest BCUT2D eigenvalue weighted by Crippen LogP contribution is -2.56. The van der Waals surface area contributed by atoms with Crippen LogP contribution in [0.4, 0.5) is 5.69 Å². The lowest BCUT2D eigenvalue weighted by molar-refractivity contribution is -0.179. The van der Waals surface area contributed by atoms with Crippen molar-refractivity contribution in [2.24, 2.45) is 11.8 Å². The summed E-state index contributed by atoms with van der Waals surface area (Å²) in [6.07, 6.45) is -0.656. The molecule has 15 heteroatoms. The predicted octanol–water partition coefficient (Wildman–Crippen LogP) is 5.63. The van der Waals surface area contributed by atoms with Gasteiger partial charge in [0, 0.05) is 30.8 Å². The van der Waals surface area contributed by atoms with Gasteiger partial charge in [0.2, 0.25) is 11.8 Å². The van der Waals surface area contributed by atoms with Gasteiger partial charge in [-0.15, -0.1) is 0 Å². The molecule has 4 heterocycles. The second-order valence-corrected chi connectivity index (χ2v) is 17.2. The van der Waals surface area contributed by atoms with Gasteiger partial charge in [-0.1, -0.05) is 84.6 Å². The molecular formula is C54H51N3O12. The molecule has 0 unspecified atom stereocenters. The van der Waals surface area contributed by atoms with Crippen molar-refractivity contribution >= 4 is 35.4 Å². The van der Waals surface area contributed by atoms with E-state index >= 15 is 14.4 Å². The Kier molecular flexibility index (Phi) is 13.1. The number of nitrogens with zero attached hydrogens (tertiary/aromatic N) is 2. The summed E-state index contributed by atoms with van der Waals surface area (Å²) in [4.78, 5) is 76.3. The Morgan fingerprint density at radius 3 is 2.13 bits per heavy atom. The number of hydrogen-bond donors (Lipinski definition) is 2. The molecule has 0 saturated carbocycles. The van der Waals surface area contributed by atoms with Crippen molar-refractivity contribution in [1.82, 2.24) is 9.80 Å². The van der Waals surface area contributed by atoms with Gasteiger partial charge in [0.15, 0.2) is 17.4 Å². The highest BCUT2D eigenvalue weighted by Crippen LogP contribution is 2.65. The quantitative estimate of drug-likeness (QED) is 0.0681. The van der Waals surface area contributed by atoms with Crippen LogP contribution in [-0.4, -0.2) is 98.9 Å². The summed E-state index contributed by atoms with van der Waals surface area (Å²) >= 11 is 0. The molecule has 69 heavy (non-hydrogen) atoms. The summed E-state index contributed by atoms with van der Waals surface area (Å²) in [6.45, 7) is 0.155. The fourth-order valence-corrected chi connectivity index (χ4v) is 10.7. The minimum absolute atomic E-state index is 0.00693. The Labute approximate surface area is 399 Å². The number of ether oxygens (including phenoxy) is 6. The Balaban J connectivity index is 1.29. The zero-order chi connectivity index (χ0) is 48.4. The van der Waals surface area contributed by atoms with Crippen LogP contribution in [0.25, 0.3) is 0 Å². The predicted molar refractivity (Wildman–Crippen MR) is 250 cm³/mol. The van der Waals surface area contributed by atoms with Gasteiger partial charge in [-0.25, -0.2) is 0 Å². The summed E-state index contributed by atoms with van der Waals surface area (Å²) in [5.74, 6) is 1.52. The standard InChI is InChI=1S/C54H51N3O12/c1-64-42-29-35-23-24-56(31-37(35)30-43(42)65-2)49(59)44-46-52(62)69-47(34-16-9-6-10-17-34)45(33-14-7-5-8-15-33)57(46)48(36-18-12-19-38(28-36)68-26-25-58)54(44)40-27-32(21-22-41(40)55-53(54)63)13-11-20-39(50(60)66-3)51(61)67-4/h5-10,12,14-19,21-22,27-30,39,44-48,58H,20,23-26,31H2,1-4H3,(H,55,63)/t44-,45-,46-,47+,48+,54-/m1/s1. The molecular weight excluding hydrogens is 883 g/mol. The fraction of sp³-hybridized carbons (Fsp3) is 0.315. The first-order valence-electron chi connectivity index (χ1n) is 22.6. The van der Waals surface area contributed by atoms with Crippen LogP contribution in [0.5, 0.6) is 17.2 Å². The SMILES string of the molecule is COC(=O)C(CC#Cc1ccc2c(c1)[C@]1(C(=O)N2)[C@H](c2cccc(OCCO)c2)N2[C@H](c3ccccc3)[C@H](c3ccccc3)OC(=O)[C@H]2[C@@H]1C(=O)N1CCc2cc(OC)c(OC)cc2C1)C(=O)OC. The first-order valence-corrected chi connectivity index (χ1v) is 22.6. The largest absolute Gasteiger partial charge is 0.493 e. The van der Waals surface area contributed by atoms with Gasteiger partial charge in [0.25, 0.3) is 0 Å². The molecule has 0 radical (unpaired) electrons. The molecule has 2 saturated heterocycles. The molecule has 0 aromatic heterocycles. The van der Waals surface area contributed by atoms with Gasteiger partial charge >= 0.3 is 17.9 Å². The van der Waals surface area contributed by atoms with E-state index in [1.54, 1.807) is 55.5 Å². The molecule has 5 aromatic carbocycles. The number of anilines is 1. The zero-order valence-corrected chi connectivity index (χ0v) is 38.5. The number of esters is 3. The lowest BCUT2D eigenvalue weighted by atomic mass is 9.64. The lowest BCUT2D eigenvalue weighted by Gasteiger charge is -2.46. The van der Waals surface area contributed by atoms with Crippen LogP contribution in [0.1, 0.15) is 63.6 Å². The first-order chi connectivity index (χ1) is 33.6. The highest BCUT2D eigenvalue weighted by Gasteiger charge is 2.74. The van der Waals surface area contributed by atoms with Crippen molar-refractivity contribution in [3.63, 3.8) is 0 Å². The first kappa shape index (κ1) is 46.4. The normalized spacial score (nSPS) is 22.3. The topological polar surface area (TPSA) is 179 Å². The van der Waals surface area contributed by atoms with E-state index in [4.69, 9.17) is 28.4 Å². The van der Waals surface area contributed by atoms with E-state index < -0.39 is 71.2 Å². The number of carbonyl (C=O) groups excluding carboxylic acids is 5. The molecule has 15 nitrogen and oxygen atoms in total. The third-order valence-electron chi connectivity index (χ3n) is 13.6. The number of cyclic esters (lactones) is 1. The zero-order valence-electron chi connectivity index (χ0n) is 38.5. The maximum absolute atomic E-state index is 16.2. The molecule has 9 rings (SSSR count). The number of carbonyl (C=O) groups is 5. The summed E-state index contributed by atoms with van der Waals surface area (Å²) in [6, 6.07) is 32.0. The smallest absolute Gasteiger partial charge is 0.324 e. The number of benzene rings is 5. The third kappa shape index (κ3) is 8.19. The van der Waals surface area contributed by atoms with E-state index in [9.17, 15) is 14.7 Å². The van der Waals surface area contributed by atoms with Crippen LogP contribution in [-0.2, 0) is 56.6 Å². The average Bonchev–Trinajstić information content (AvgIpc) is 3.87. The van der Waals surface area contributed by atoms with Gasteiger partial charge < -0.3 is 43.7 Å². The van der Waals surface area contributed by atoms with E-state index in [0.717, 1.165) is 16.7 Å². The van der Waals surface area contributed by atoms with E-state index in [1.807, 2.05) is 83.8 Å². The molecule has 2 fully saturated rings. The number of methoxy groups -OCH3 is 4. The molecule has 2 N–H and O–H groups in total. The number of hydrogen-bond acceptors (Lipinski definition) is 13. The van der Waals surface area contributed by atoms with Crippen molar-refractivity contribution in [2.45, 2.75) is 49.0 Å². The molecule has 6 atom stereocenters. The van der Waals surface area contributed by atoms with Crippen LogP contribution < -0.4 is 19.5 Å². The van der Waals surface area contributed by atoms with Crippen molar-refractivity contribution in [2.75, 3.05) is 53.5 Å². The van der Waals surface area contributed by atoms with E-state index in [1.165, 1.54) is 14.2 Å². The second kappa shape index (κ2) is 19.5. The van der Waals surface area contributed by atoms with E-state index in [0.29, 0.717) is 51.6 Å². The van der Waals surface area contributed by atoms with Gasteiger partial charge in [0.05, 0.1) is 53.0 Å². The van der Waals surface area contributed by atoms with Crippen LogP contribution in [0.3, 0.4) is 0 Å². The van der Waals surface area contributed by atoms with Crippen molar-refractivity contribution in [3.05, 3.63) is 154 Å². The molecule has 2 amide bonds. The molecule has 4 aliphatic rings. The minimum atomic E-state index is -1.85. The summed E-state index contributed by atoms with van der Waals surface area (Å²) in [5, 5.41) is 12.9. The minimum Gasteiger partial charge on any atom is -0.493 e.